The molecule has 1 saturated heterocycles. The first-order chi connectivity index (χ1) is 8.16. The number of aromatic amines is 1. The predicted octanol–water partition coefficient (Wildman–Crippen LogP) is 4.12. The molecule has 0 saturated carbocycles. The third kappa shape index (κ3) is 2.04. The average molecular weight is 380 g/mol. The summed E-state index contributed by atoms with van der Waals surface area (Å²) in [5.74, 6) is 2.05. The molecule has 0 radical (unpaired) electrons. The molecule has 1 unspecified atom stereocenters. The van der Waals surface area contributed by atoms with Crippen LogP contribution in [0, 0.1) is 14.2 Å². The number of nitrogens with zero attached hydrogens (tertiary/aromatic N) is 1. The Hall–Kier alpha value is -0.0800. The minimum absolute atomic E-state index is 0.175. The van der Waals surface area contributed by atoms with Crippen molar-refractivity contribution in [3.8, 4) is 0 Å². The van der Waals surface area contributed by atoms with Gasteiger partial charge in [0.2, 0.25) is 0 Å². The number of halogens is 2. The van der Waals surface area contributed by atoms with Crippen molar-refractivity contribution >= 4 is 57.6 Å². The molecule has 6 heteroatoms. The van der Waals surface area contributed by atoms with Gasteiger partial charge in [-0.15, -0.1) is 0 Å². The third-order valence-corrected chi connectivity index (χ3v) is 5.30. The SMILES string of the molecule is Fc1cc2c(cc1I)[nH]c(=S)n2C1CCSC1. The van der Waals surface area contributed by atoms with Crippen LogP contribution in [0.2, 0.25) is 0 Å². The molecule has 2 heterocycles. The molecule has 1 aliphatic rings. The fourth-order valence-electron chi connectivity index (χ4n) is 2.21. The molecular weight excluding hydrogens is 370 g/mol. The molecule has 2 nitrogen and oxygen atoms in total. The maximum atomic E-state index is 13.7. The van der Waals surface area contributed by atoms with E-state index in [0.29, 0.717) is 14.4 Å². The van der Waals surface area contributed by atoms with Crippen LogP contribution in [0.25, 0.3) is 11.0 Å². The Kier molecular flexibility index (Phi) is 3.20. The number of fused-ring (bicyclic) bond motifs is 1. The standard InChI is InChI=1S/C11H10FIN2S2/c12-7-3-10-9(4-8(7)13)14-11(16)15(10)6-1-2-17-5-6/h3-4,6H,1-2,5H2,(H,14,16). The van der Waals surface area contributed by atoms with Gasteiger partial charge in [0.05, 0.1) is 14.6 Å². The summed E-state index contributed by atoms with van der Waals surface area (Å²) in [6, 6.07) is 3.81. The molecule has 0 bridgehead atoms. The number of H-pyrrole nitrogens is 1. The maximum absolute atomic E-state index is 13.7. The summed E-state index contributed by atoms with van der Waals surface area (Å²) in [6.45, 7) is 0. The lowest BCUT2D eigenvalue weighted by Crippen LogP contribution is -2.07. The van der Waals surface area contributed by atoms with E-state index >= 15 is 0 Å². The van der Waals surface area contributed by atoms with Crippen LogP contribution in [0.1, 0.15) is 12.5 Å². The molecule has 1 aliphatic heterocycles. The van der Waals surface area contributed by atoms with Gasteiger partial charge in [0, 0.05) is 17.9 Å². The molecule has 90 valence electrons. The molecule has 1 fully saturated rings. The topological polar surface area (TPSA) is 20.7 Å². The number of rotatable bonds is 1. The second-order valence-electron chi connectivity index (χ2n) is 4.10. The second kappa shape index (κ2) is 4.55. The number of hydrogen-bond donors (Lipinski definition) is 1. The summed E-state index contributed by atoms with van der Waals surface area (Å²) in [4.78, 5) is 3.17. The monoisotopic (exact) mass is 380 g/mol. The fourth-order valence-corrected chi connectivity index (χ4v) is 4.23. The summed E-state index contributed by atoms with van der Waals surface area (Å²) in [7, 11) is 0. The molecule has 3 rings (SSSR count). The number of hydrogen-bond acceptors (Lipinski definition) is 2. The molecule has 1 aromatic carbocycles. The Morgan fingerprint density at radius 2 is 2.35 bits per heavy atom. The summed E-state index contributed by atoms with van der Waals surface area (Å²) in [6.07, 6.45) is 1.11. The predicted molar refractivity (Wildman–Crippen MR) is 80.8 cm³/mol. The van der Waals surface area contributed by atoms with Crippen LogP contribution in [0.5, 0.6) is 0 Å². The first-order valence-corrected chi connectivity index (χ1v) is 7.98. The van der Waals surface area contributed by atoms with E-state index in [1.807, 2.05) is 40.4 Å². The van der Waals surface area contributed by atoms with Gasteiger partial charge in [0.1, 0.15) is 5.82 Å². The molecule has 1 N–H and O–H groups in total. The minimum atomic E-state index is -0.175. The van der Waals surface area contributed by atoms with E-state index in [0.717, 1.165) is 29.0 Å². The quantitative estimate of drug-likeness (QED) is 0.594. The van der Waals surface area contributed by atoms with Crippen molar-refractivity contribution in [1.82, 2.24) is 9.55 Å². The molecule has 17 heavy (non-hydrogen) atoms. The van der Waals surface area contributed by atoms with Gasteiger partial charge in [-0.1, -0.05) is 0 Å². The number of nitrogens with one attached hydrogen (secondary N) is 1. The first-order valence-electron chi connectivity index (χ1n) is 5.34. The Labute approximate surface area is 121 Å². The van der Waals surface area contributed by atoms with Crippen molar-refractivity contribution in [3.05, 3.63) is 26.3 Å². The zero-order valence-corrected chi connectivity index (χ0v) is 12.7. The van der Waals surface area contributed by atoms with E-state index < -0.39 is 0 Å². The van der Waals surface area contributed by atoms with Gasteiger partial charge in [-0.25, -0.2) is 4.39 Å². The lowest BCUT2D eigenvalue weighted by molar-refractivity contribution is 0.566. The molecule has 1 atom stereocenters. The van der Waals surface area contributed by atoms with E-state index in [1.165, 1.54) is 0 Å². The normalized spacial score (nSPS) is 20.2. The Morgan fingerprint density at radius 3 is 3.06 bits per heavy atom. The largest absolute Gasteiger partial charge is 0.331 e. The van der Waals surface area contributed by atoms with E-state index in [9.17, 15) is 4.39 Å². The molecule has 2 aromatic rings. The van der Waals surface area contributed by atoms with Crippen molar-refractivity contribution in [2.45, 2.75) is 12.5 Å². The van der Waals surface area contributed by atoms with Crippen molar-refractivity contribution in [2.24, 2.45) is 0 Å². The van der Waals surface area contributed by atoms with Crippen LogP contribution in [-0.4, -0.2) is 21.1 Å². The first kappa shape index (κ1) is 12.0. The van der Waals surface area contributed by atoms with Crippen LogP contribution in [0.3, 0.4) is 0 Å². The van der Waals surface area contributed by atoms with Crippen LogP contribution < -0.4 is 0 Å². The highest BCUT2D eigenvalue weighted by atomic mass is 127. The Morgan fingerprint density at radius 1 is 1.53 bits per heavy atom. The number of aromatic nitrogens is 2. The molecule has 0 spiro atoms. The molecule has 0 amide bonds. The van der Waals surface area contributed by atoms with Crippen LogP contribution in [0.4, 0.5) is 4.39 Å². The van der Waals surface area contributed by atoms with Gasteiger partial charge in [0.15, 0.2) is 4.77 Å². The van der Waals surface area contributed by atoms with E-state index in [1.54, 1.807) is 6.07 Å². The summed E-state index contributed by atoms with van der Waals surface area (Å²) in [5.41, 5.74) is 1.82. The van der Waals surface area contributed by atoms with Gasteiger partial charge in [-0.05, 0) is 53.0 Å². The zero-order valence-electron chi connectivity index (χ0n) is 8.87. The van der Waals surface area contributed by atoms with Crippen molar-refractivity contribution in [3.63, 3.8) is 0 Å². The van der Waals surface area contributed by atoms with E-state index in [2.05, 4.69) is 9.55 Å². The summed E-state index contributed by atoms with van der Waals surface area (Å²) in [5, 5.41) is 0. The van der Waals surface area contributed by atoms with Gasteiger partial charge < -0.3 is 9.55 Å². The zero-order chi connectivity index (χ0) is 12.0. The number of benzene rings is 1. The highest BCUT2D eigenvalue weighted by Gasteiger charge is 2.20. The Balaban J connectivity index is 2.26. The lowest BCUT2D eigenvalue weighted by atomic mass is 10.2. The van der Waals surface area contributed by atoms with Crippen LogP contribution in [0.15, 0.2) is 12.1 Å². The highest BCUT2D eigenvalue weighted by molar-refractivity contribution is 14.1. The van der Waals surface area contributed by atoms with Crippen molar-refractivity contribution in [1.29, 1.82) is 0 Å². The van der Waals surface area contributed by atoms with Crippen molar-refractivity contribution < 1.29 is 4.39 Å². The van der Waals surface area contributed by atoms with Crippen LogP contribution >= 0.6 is 46.6 Å². The second-order valence-corrected chi connectivity index (χ2v) is 6.80. The number of thioether (sulfide) groups is 1. The maximum Gasteiger partial charge on any atom is 0.178 e. The minimum Gasteiger partial charge on any atom is -0.331 e. The van der Waals surface area contributed by atoms with Crippen LogP contribution in [-0.2, 0) is 0 Å². The van der Waals surface area contributed by atoms with E-state index in [4.69, 9.17) is 12.2 Å². The van der Waals surface area contributed by atoms with E-state index in [-0.39, 0.29) is 5.82 Å². The lowest BCUT2D eigenvalue weighted by Gasteiger charge is -2.11. The molecular formula is C11H10FIN2S2. The Bertz CT molecular complexity index is 628. The van der Waals surface area contributed by atoms with Gasteiger partial charge >= 0.3 is 0 Å². The molecule has 0 aliphatic carbocycles. The number of imidazole rings is 1. The van der Waals surface area contributed by atoms with Gasteiger partial charge in [-0.2, -0.15) is 11.8 Å². The fraction of sp³-hybridized carbons (Fsp3) is 0.364. The third-order valence-electron chi connectivity index (χ3n) is 3.03. The highest BCUT2D eigenvalue weighted by Crippen LogP contribution is 2.32. The summed E-state index contributed by atoms with van der Waals surface area (Å²) >= 11 is 9.28. The summed E-state index contributed by atoms with van der Waals surface area (Å²) < 4.78 is 17.1. The molecule has 1 aromatic heterocycles. The smallest absolute Gasteiger partial charge is 0.178 e. The van der Waals surface area contributed by atoms with Crippen molar-refractivity contribution in [2.75, 3.05) is 11.5 Å². The average Bonchev–Trinajstić information content (AvgIpc) is 2.86. The van der Waals surface area contributed by atoms with Gasteiger partial charge in [0.25, 0.3) is 0 Å². The van der Waals surface area contributed by atoms with Gasteiger partial charge in [-0.3, -0.25) is 0 Å².